The Balaban J connectivity index is 1.75. The van der Waals surface area contributed by atoms with Gasteiger partial charge >= 0.3 is 0 Å². The first-order valence-corrected chi connectivity index (χ1v) is 9.95. The predicted molar refractivity (Wildman–Crippen MR) is 98.9 cm³/mol. The van der Waals surface area contributed by atoms with Gasteiger partial charge in [0.05, 0.1) is 4.92 Å². The molecule has 1 heterocycles. The van der Waals surface area contributed by atoms with E-state index in [-0.39, 0.29) is 42.5 Å². The van der Waals surface area contributed by atoms with Crippen LogP contribution in [0.3, 0.4) is 0 Å². The number of carbonyl (C=O) groups excluding carboxylic acids is 1. The van der Waals surface area contributed by atoms with Gasteiger partial charge in [-0.25, -0.2) is 12.8 Å². The zero-order valence-electron chi connectivity index (χ0n) is 15.0. The summed E-state index contributed by atoms with van der Waals surface area (Å²) in [6.45, 7) is 1.79. The van der Waals surface area contributed by atoms with E-state index < -0.39 is 26.5 Å². The molecule has 1 aliphatic rings. The zero-order valence-corrected chi connectivity index (χ0v) is 15.9. The van der Waals surface area contributed by atoms with Crippen molar-refractivity contribution in [3.8, 4) is 0 Å². The Morgan fingerprint density at radius 2 is 1.75 bits per heavy atom. The van der Waals surface area contributed by atoms with Crippen LogP contribution in [0.15, 0.2) is 47.4 Å². The number of nitro groups is 1. The summed E-state index contributed by atoms with van der Waals surface area (Å²) in [6, 6.07) is 9.35. The second-order valence-corrected chi connectivity index (χ2v) is 8.29. The number of para-hydroxylation sites is 1. The third kappa shape index (κ3) is 3.73. The molecule has 10 heteroatoms. The van der Waals surface area contributed by atoms with E-state index in [2.05, 4.69) is 0 Å². The largest absolute Gasteiger partial charge is 0.336 e. The van der Waals surface area contributed by atoms with E-state index in [0.29, 0.717) is 5.56 Å². The van der Waals surface area contributed by atoms with Gasteiger partial charge in [-0.3, -0.25) is 14.9 Å². The van der Waals surface area contributed by atoms with Gasteiger partial charge in [0.1, 0.15) is 5.82 Å². The maximum Gasteiger partial charge on any atom is 0.289 e. The van der Waals surface area contributed by atoms with Crippen LogP contribution in [-0.2, 0) is 10.0 Å². The van der Waals surface area contributed by atoms with Crippen molar-refractivity contribution in [2.24, 2.45) is 0 Å². The summed E-state index contributed by atoms with van der Waals surface area (Å²) in [5.74, 6) is -0.870. The summed E-state index contributed by atoms with van der Waals surface area (Å²) in [7, 11) is -4.07. The van der Waals surface area contributed by atoms with Gasteiger partial charge in [0.15, 0.2) is 4.90 Å². The average molecular weight is 407 g/mol. The predicted octanol–water partition coefficient (Wildman–Crippen LogP) is 2.19. The molecule has 1 amide bonds. The number of amides is 1. The minimum Gasteiger partial charge on any atom is -0.336 e. The Kier molecular flexibility index (Phi) is 5.43. The molecule has 0 bridgehead atoms. The summed E-state index contributed by atoms with van der Waals surface area (Å²) < 4.78 is 40.4. The number of nitrogens with zero attached hydrogens (tertiary/aromatic N) is 3. The SMILES string of the molecule is Cc1ccc(C(=O)N2CCN(S(=O)(=O)c3ccccc3[N+](=O)[O-])CC2)cc1F. The second kappa shape index (κ2) is 7.64. The quantitative estimate of drug-likeness (QED) is 0.571. The molecule has 8 nitrogen and oxygen atoms in total. The number of hydrogen-bond acceptors (Lipinski definition) is 5. The highest BCUT2D eigenvalue weighted by molar-refractivity contribution is 7.89. The molecule has 1 fully saturated rings. The lowest BCUT2D eigenvalue weighted by Gasteiger charge is -2.34. The Hall–Kier alpha value is -2.85. The fourth-order valence-corrected chi connectivity index (χ4v) is 4.58. The summed E-state index contributed by atoms with van der Waals surface area (Å²) in [5, 5.41) is 11.1. The molecule has 28 heavy (non-hydrogen) atoms. The molecular formula is C18H18FN3O5S. The van der Waals surface area contributed by atoms with Crippen molar-refractivity contribution in [2.45, 2.75) is 11.8 Å². The van der Waals surface area contributed by atoms with Crippen LogP contribution in [0, 0.1) is 22.9 Å². The van der Waals surface area contributed by atoms with E-state index in [1.165, 1.54) is 35.2 Å². The average Bonchev–Trinajstić information content (AvgIpc) is 2.69. The maximum absolute atomic E-state index is 13.7. The van der Waals surface area contributed by atoms with Gasteiger partial charge in [-0.15, -0.1) is 0 Å². The van der Waals surface area contributed by atoms with Crippen molar-refractivity contribution in [3.63, 3.8) is 0 Å². The first-order valence-electron chi connectivity index (χ1n) is 8.51. The van der Waals surface area contributed by atoms with Gasteiger partial charge < -0.3 is 4.90 Å². The Labute approximate surface area is 161 Å². The number of sulfonamides is 1. The van der Waals surface area contributed by atoms with Crippen LogP contribution in [0.1, 0.15) is 15.9 Å². The molecule has 1 aliphatic heterocycles. The molecule has 0 unspecified atom stereocenters. The van der Waals surface area contributed by atoms with Crippen LogP contribution < -0.4 is 0 Å². The summed E-state index contributed by atoms with van der Waals surface area (Å²) in [6.07, 6.45) is 0. The molecule has 0 atom stereocenters. The Morgan fingerprint density at radius 1 is 1.11 bits per heavy atom. The van der Waals surface area contributed by atoms with E-state index in [1.807, 2.05) is 0 Å². The van der Waals surface area contributed by atoms with Crippen LogP contribution >= 0.6 is 0 Å². The van der Waals surface area contributed by atoms with Gasteiger partial charge in [0.2, 0.25) is 10.0 Å². The van der Waals surface area contributed by atoms with Gasteiger partial charge in [-0.2, -0.15) is 4.31 Å². The van der Waals surface area contributed by atoms with Crippen molar-refractivity contribution < 1.29 is 22.5 Å². The van der Waals surface area contributed by atoms with Gasteiger partial charge in [-0.05, 0) is 30.7 Å². The number of carbonyl (C=O) groups is 1. The first-order chi connectivity index (χ1) is 13.2. The fourth-order valence-electron chi connectivity index (χ4n) is 3.01. The number of aryl methyl sites for hydroxylation is 1. The van der Waals surface area contributed by atoms with Gasteiger partial charge in [0, 0.05) is 37.8 Å². The molecule has 3 rings (SSSR count). The maximum atomic E-state index is 13.7. The summed E-state index contributed by atoms with van der Waals surface area (Å²) in [4.78, 5) is 24.0. The van der Waals surface area contributed by atoms with E-state index in [0.717, 1.165) is 16.4 Å². The lowest BCUT2D eigenvalue weighted by molar-refractivity contribution is -0.387. The topological polar surface area (TPSA) is 101 Å². The number of benzene rings is 2. The third-order valence-electron chi connectivity index (χ3n) is 4.62. The Morgan fingerprint density at radius 3 is 2.36 bits per heavy atom. The molecule has 148 valence electrons. The third-order valence-corrected chi connectivity index (χ3v) is 6.57. The molecule has 0 aromatic heterocycles. The monoisotopic (exact) mass is 407 g/mol. The van der Waals surface area contributed by atoms with Crippen LogP contribution in [-0.4, -0.2) is 54.6 Å². The number of halogens is 1. The van der Waals surface area contributed by atoms with Crippen LogP contribution in [0.2, 0.25) is 0 Å². The van der Waals surface area contributed by atoms with Gasteiger partial charge in [0.25, 0.3) is 11.6 Å². The standard InChI is InChI=1S/C18H18FN3O5S/c1-13-6-7-14(12-15(13)19)18(23)20-8-10-21(11-9-20)28(26,27)17-5-3-2-4-16(17)22(24)25/h2-7,12H,8-11H2,1H3. The highest BCUT2D eigenvalue weighted by Crippen LogP contribution is 2.27. The molecule has 0 saturated carbocycles. The molecular weight excluding hydrogens is 389 g/mol. The lowest BCUT2D eigenvalue weighted by Crippen LogP contribution is -2.50. The molecule has 0 aliphatic carbocycles. The highest BCUT2D eigenvalue weighted by atomic mass is 32.2. The van der Waals surface area contributed by atoms with E-state index in [1.54, 1.807) is 6.92 Å². The number of piperazine rings is 1. The smallest absolute Gasteiger partial charge is 0.289 e. The van der Waals surface area contributed by atoms with Crippen molar-refractivity contribution in [1.29, 1.82) is 0 Å². The van der Waals surface area contributed by atoms with Crippen LogP contribution in [0.5, 0.6) is 0 Å². The minimum absolute atomic E-state index is 0.00549. The van der Waals surface area contributed by atoms with Crippen LogP contribution in [0.4, 0.5) is 10.1 Å². The molecule has 0 N–H and O–H groups in total. The fraction of sp³-hybridized carbons (Fsp3) is 0.278. The van der Waals surface area contributed by atoms with Crippen molar-refractivity contribution >= 4 is 21.6 Å². The first kappa shape index (κ1) is 19.9. The number of hydrogen-bond donors (Lipinski definition) is 0. The van der Waals surface area contributed by atoms with E-state index in [4.69, 9.17) is 0 Å². The second-order valence-electron chi connectivity index (χ2n) is 6.39. The summed E-state index contributed by atoms with van der Waals surface area (Å²) in [5.41, 5.74) is 0.131. The molecule has 0 spiro atoms. The van der Waals surface area contributed by atoms with E-state index >= 15 is 0 Å². The van der Waals surface area contributed by atoms with Crippen molar-refractivity contribution in [3.05, 3.63) is 69.5 Å². The molecule has 2 aromatic rings. The summed E-state index contributed by atoms with van der Waals surface area (Å²) >= 11 is 0. The number of nitro benzene ring substituents is 1. The molecule has 1 saturated heterocycles. The van der Waals surface area contributed by atoms with Crippen molar-refractivity contribution in [1.82, 2.24) is 9.21 Å². The molecule has 2 aromatic carbocycles. The lowest BCUT2D eigenvalue weighted by atomic mass is 10.1. The van der Waals surface area contributed by atoms with Crippen molar-refractivity contribution in [2.75, 3.05) is 26.2 Å². The van der Waals surface area contributed by atoms with Gasteiger partial charge in [-0.1, -0.05) is 18.2 Å². The number of rotatable bonds is 4. The normalized spacial score (nSPS) is 15.4. The Bertz CT molecular complexity index is 1030. The highest BCUT2D eigenvalue weighted by Gasteiger charge is 2.34. The zero-order chi connectivity index (χ0) is 20.5. The molecule has 0 radical (unpaired) electrons. The van der Waals surface area contributed by atoms with E-state index in [9.17, 15) is 27.7 Å². The minimum atomic E-state index is -4.07. The van der Waals surface area contributed by atoms with Crippen LogP contribution in [0.25, 0.3) is 0 Å².